The lowest BCUT2D eigenvalue weighted by Gasteiger charge is -2.19. The molecule has 0 bridgehead atoms. The predicted octanol–water partition coefficient (Wildman–Crippen LogP) is 2.61. The minimum Gasteiger partial charge on any atom is -0.497 e. The van der Waals surface area contributed by atoms with E-state index in [9.17, 15) is 24.3 Å². The largest absolute Gasteiger partial charge is 0.497 e. The van der Waals surface area contributed by atoms with Crippen molar-refractivity contribution in [3.8, 4) is 5.75 Å². The topological polar surface area (TPSA) is 153 Å². The van der Waals surface area contributed by atoms with Crippen molar-refractivity contribution in [2.24, 2.45) is 9.98 Å². The van der Waals surface area contributed by atoms with E-state index in [2.05, 4.69) is 20.6 Å². The Balaban J connectivity index is 0.916. The molecule has 2 saturated heterocycles. The number of carbonyl (C=O) groups is 4. The van der Waals surface area contributed by atoms with E-state index in [0.717, 1.165) is 11.1 Å². The minimum absolute atomic E-state index is 0.136. The second-order valence-corrected chi connectivity index (χ2v) is 11.8. The van der Waals surface area contributed by atoms with Gasteiger partial charge in [-0.05, 0) is 72.7 Å². The standard InChI is InChI=1S/C34H36N6O6/c1-46-26-5-7-30-28(15-26)34(45)40-19-23(11-25(40)17-38-30)14-32(43)36-9-3-2-8-35-31(42)13-22-10-24-16-37-29-6-4-21(20-41)12-27(29)33(44)39(24)18-22/h4-7,12-17,24-25,41H,2-3,8-11,18-20H2,1H3,(H,35,42)(H,36,43)/b22-13-,23-14-/t24-,25-/m0/s1. The number of rotatable bonds is 9. The number of methoxy groups -OCH3 is 1. The summed E-state index contributed by atoms with van der Waals surface area (Å²) in [5.41, 5.74) is 4.48. The smallest absolute Gasteiger partial charge is 0.257 e. The number of aliphatic imine (C=N–C) groups is 2. The lowest BCUT2D eigenvalue weighted by Crippen LogP contribution is -2.35. The van der Waals surface area contributed by atoms with E-state index in [0.29, 0.717) is 85.7 Å². The van der Waals surface area contributed by atoms with Crippen LogP contribution in [0.1, 0.15) is 52.0 Å². The molecule has 3 N–H and O–H groups in total. The number of unbranched alkanes of at least 4 members (excludes halogenated alkanes) is 1. The van der Waals surface area contributed by atoms with E-state index in [-0.39, 0.29) is 42.3 Å². The van der Waals surface area contributed by atoms with Gasteiger partial charge in [-0.2, -0.15) is 0 Å². The molecule has 2 aromatic rings. The molecule has 4 heterocycles. The van der Waals surface area contributed by atoms with Gasteiger partial charge in [-0.25, -0.2) is 0 Å². The summed E-state index contributed by atoms with van der Waals surface area (Å²) in [7, 11) is 1.55. The third-order valence-electron chi connectivity index (χ3n) is 8.56. The number of carbonyl (C=O) groups excluding carboxylic acids is 4. The summed E-state index contributed by atoms with van der Waals surface area (Å²) in [6.45, 7) is 1.45. The van der Waals surface area contributed by atoms with E-state index in [1.165, 1.54) is 0 Å². The zero-order chi connectivity index (χ0) is 32.2. The Kier molecular flexibility index (Phi) is 9.06. The monoisotopic (exact) mass is 624 g/mol. The van der Waals surface area contributed by atoms with Crippen LogP contribution in [0.15, 0.2) is 69.7 Å². The van der Waals surface area contributed by atoms with Gasteiger partial charge in [-0.3, -0.25) is 29.2 Å². The minimum atomic E-state index is -0.223. The van der Waals surface area contributed by atoms with E-state index < -0.39 is 0 Å². The van der Waals surface area contributed by atoms with Crippen molar-refractivity contribution < 1.29 is 29.0 Å². The fourth-order valence-electron chi connectivity index (χ4n) is 6.16. The number of hydrogen-bond acceptors (Lipinski definition) is 8. The number of nitrogens with one attached hydrogen (secondary N) is 2. The zero-order valence-corrected chi connectivity index (χ0v) is 25.6. The normalized spacial score (nSPS) is 21.4. The van der Waals surface area contributed by atoms with Crippen molar-refractivity contribution in [3.63, 3.8) is 0 Å². The first-order chi connectivity index (χ1) is 22.3. The molecule has 12 heteroatoms. The van der Waals surface area contributed by atoms with E-state index in [1.54, 1.807) is 77.9 Å². The Bertz CT molecular complexity index is 1570. The van der Waals surface area contributed by atoms with Crippen molar-refractivity contribution in [3.05, 3.63) is 76.4 Å². The van der Waals surface area contributed by atoms with Crippen LogP contribution in [0.4, 0.5) is 11.4 Å². The molecular weight excluding hydrogens is 588 g/mol. The molecule has 238 valence electrons. The average molecular weight is 625 g/mol. The third-order valence-corrected chi connectivity index (χ3v) is 8.56. The van der Waals surface area contributed by atoms with E-state index >= 15 is 0 Å². The number of amides is 4. The van der Waals surface area contributed by atoms with Gasteiger partial charge in [0, 0.05) is 50.8 Å². The second kappa shape index (κ2) is 13.5. The number of aliphatic hydroxyl groups excluding tert-OH is 1. The number of ether oxygens (including phenoxy) is 1. The molecule has 2 aromatic carbocycles. The highest BCUT2D eigenvalue weighted by Crippen LogP contribution is 2.33. The third kappa shape index (κ3) is 6.62. The maximum atomic E-state index is 13.2. The van der Waals surface area contributed by atoms with Gasteiger partial charge in [0.25, 0.3) is 11.8 Å². The molecule has 4 amide bonds. The summed E-state index contributed by atoms with van der Waals surface area (Å²) in [5.74, 6) is -0.146. The Labute approximate surface area is 266 Å². The van der Waals surface area contributed by atoms with Crippen LogP contribution in [0, 0.1) is 0 Å². The van der Waals surface area contributed by atoms with Crippen molar-refractivity contribution >= 4 is 47.4 Å². The molecule has 4 aliphatic rings. The van der Waals surface area contributed by atoms with Crippen LogP contribution in [0.3, 0.4) is 0 Å². The number of nitrogens with zero attached hydrogens (tertiary/aromatic N) is 4. The number of benzene rings is 2. The summed E-state index contributed by atoms with van der Waals surface area (Å²) >= 11 is 0. The molecule has 0 aliphatic carbocycles. The van der Waals surface area contributed by atoms with E-state index in [4.69, 9.17) is 4.74 Å². The fraction of sp³-hybridized carbons (Fsp3) is 0.353. The highest BCUT2D eigenvalue weighted by molar-refractivity contribution is 6.04. The van der Waals surface area contributed by atoms with E-state index in [1.807, 2.05) is 0 Å². The van der Waals surface area contributed by atoms with Crippen LogP contribution in [-0.2, 0) is 16.2 Å². The van der Waals surface area contributed by atoms with Crippen molar-refractivity contribution in [1.82, 2.24) is 20.4 Å². The Hall–Kier alpha value is -5.10. The Morgan fingerprint density at radius 1 is 0.848 bits per heavy atom. The van der Waals surface area contributed by atoms with Crippen LogP contribution in [0.2, 0.25) is 0 Å². The second-order valence-electron chi connectivity index (χ2n) is 11.8. The summed E-state index contributed by atoms with van der Waals surface area (Å²) < 4.78 is 5.26. The van der Waals surface area contributed by atoms with Crippen molar-refractivity contribution in [1.29, 1.82) is 0 Å². The highest BCUT2D eigenvalue weighted by Gasteiger charge is 2.36. The molecule has 12 nitrogen and oxygen atoms in total. The molecule has 4 aliphatic heterocycles. The van der Waals surface area contributed by atoms with Gasteiger partial charge in [-0.1, -0.05) is 6.07 Å². The van der Waals surface area contributed by atoms with Crippen LogP contribution in [-0.4, -0.2) is 96.3 Å². The summed E-state index contributed by atoms with van der Waals surface area (Å²) in [5, 5.41) is 15.2. The van der Waals surface area contributed by atoms with Gasteiger partial charge >= 0.3 is 0 Å². The molecule has 0 spiro atoms. The molecule has 0 radical (unpaired) electrons. The first-order valence-electron chi connectivity index (χ1n) is 15.4. The lowest BCUT2D eigenvalue weighted by molar-refractivity contribution is -0.117. The number of aliphatic hydroxyl groups is 1. The maximum Gasteiger partial charge on any atom is 0.257 e. The molecule has 0 saturated carbocycles. The van der Waals surface area contributed by atoms with Gasteiger partial charge in [0.1, 0.15) is 5.75 Å². The van der Waals surface area contributed by atoms with Gasteiger partial charge in [-0.15, -0.1) is 0 Å². The molecule has 2 atom stereocenters. The molecule has 2 fully saturated rings. The molecule has 0 aromatic heterocycles. The lowest BCUT2D eigenvalue weighted by atomic mass is 10.1. The van der Waals surface area contributed by atoms with Gasteiger partial charge < -0.3 is 30.3 Å². The summed E-state index contributed by atoms with van der Waals surface area (Å²) in [6.07, 6.45) is 9.07. The average Bonchev–Trinajstić information content (AvgIpc) is 3.60. The fourth-order valence-corrected chi connectivity index (χ4v) is 6.16. The Morgan fingerprint density at radius 3 is 1.89 bits per heavy atom. The SMILES string of the molecule is COc1ccc2c(c1)C(=O)N1C/C(=C\C(=O)NCCCCNC(=O)/C=C3/C[C@H]4C=Nc5ccc(CO)cc5C(=O)N4C3)C[C@H]1C=N2. The molecule has 0 unspecified atom stereocenters. The van der Waals surface area contributed by atoms with Crippen molar-refractivity contribution in [2.45, 2.75) is 44.4 Å². The maximum absolute atomic E-state index is 13.2. The van der Waals surface area contributed by atoms with Crippen molar-refractivity contribution in [2.75, 3.05) is 33.3 Å². The summed E-state index contributed by atoms with van der Waals surface area (Å²) in [4.78, 5) is 63.8. The van der Waals surface area contributed by atoms with Gasteiger partial charge in [0.05, 0.1) is 48.3 Å². The first-order valence-corrected chi connectivity index (χ1v) is 15.4. The number of fused-ring (bicyclic) bond motifs is 4. The Morgan fingerprint density at radius 2 is 1.37 bits per heavy atom. The first kappa shape index (κ1) is 30.9. The molecular formula is C34H36N6O6. The highest BCUT2D eigenvalue weighted by atomic mass is 16.5. The zero-order valence-electron chi connectivity index (χ0n) is 25.6. The number of hydrogen-bond donors (Lipinski definition) is 3. The van der Waals surface area contributed by atoms with Crippen LogP contribution >= 0.6 is 0 Å². The van der Waals surface area contributed by atoms with Crippen LogP contribution in [0.25, 0.3) is 0 Å². The predicted molar refractivity (Wildman–Crippen MR) is 172 cm³/mol. The van der Waals surface area contributed by atoms with Gasteiger partial charge in [0.15, 0.2) is 0 Å². The van der Waals surface area contributed by atoms with Crippen LogP contribution < -0.4 is 15.4 Å². The molecule has 6 rings (SSSR count). The summed E-state index contributed by atoms with van der Waals surface area (Å²) in [6, 6.07) is 9.96. The quantitative estimate of drug-likeness (QED) is 0.288. The van der Waals surface area contributed by atoms with Crippen LogP contribution in [0.5, 0.6) is 5.75 Å². The van der Waals surface area contributed by atoms with Gasteiger partial charge in [0.2, 0.25) is 11.8 Å². The molecule has 46 heavy (non-hydrogen) atoms.